The molecule has 2 heterocycles. The number of hydrogen-bond acceptors (Lipinski definition) is 4. The molecule has 1 aromatic carbocycles. The van der Waals surface area contributed by atoms with Crippen LogP contribution in [0.5, 0.6) is 11.6 Å². The number of carbonyl (C=O) groups is 1. The Labute approximate surface area is 189 Å². The summed E-state index contributed by atoms with van der Waals surface area (Å²) in [5, 5.41) is 3.08. The Morgan fingerprint density at radius 2 is 1.82 bits per heavy atom. The van der Waals surface area contributed by atoms with Crippen LogP contribution >= 0.6 is 0 Å². The zero-order valence-electron chi connectivity index (χ0n) is 17.7. The van der Waals surface area contributed by atoms with Gasteiger partial charge in [0.05, 0.1) is 5.56 Å². The molecule has 8 heteroatoms. The number of amides is 1. The second-order valence-electron chi connectivity index (χ2n) is 7.84. The topological polar surface area (TPSA) is 64.1 Å². The number of alkyl halides is 3. The molecule has 0 unspecified atom stereocenters. The molecule has 2 aromatic heterocycles. The van der Waals surface area contributed by atoms with Crippen LogP contribution in [0.3, 0.4) is 0 Å². The van der Waals surface area contributed by atoms with E-state index in [0.717, 1.165) is 43.5 Å². The quantitative estimate of drug-likeness (QED) is 0.511. The summed E-state index contributed by atoms with van der Waals surface area (Å²) in [7, 11) is 0. The van der Waals surface area contributed by atoms with Crippen molar-refractivity contribution < 1.29 is 22.7 Å². The van der Waals surface area contributed by atoms with E-state index in [0.29, 0.717) is 11.3 Å². The highest BCUT2D eigenvalue weighted by Crippen LogP contribution is 2.31. The first-order chi connectivity index (χ1) is 15.9. The van der Waals surface area contributed by atoms with Gasteiger partial charge in [0.15, 0.2) is 0 Å². The maximum atomic E-state index is 12.7. The highest BCUT2D eigenvalue weighted by Gasteiger charge is 2.30. The van der Waals surface area contributed by atoms with Gasteiger partial charge in [-0.05, 0) is 61.6 Å². The Bertz CT molecular complexity index is 1120. The van der Waals surface area contributed by atoms with Gasteiger partial charge in [-0.25, -0.2) is 4.98 Å². The van der Waals surface area contributed by atoms with E-state index in [1.165, 1.54) is 11.6 Å². The molecule has 0 aliphatic heterocycles. The lowest BCUT2D eigenvalue weighted by atomic mass is 9.89. The largest absolute Gasteiger partial charge is 0.439 e. The standard InChI is InChI=1S/C25H22F3N3O2/c26-25(27,28)20-6-9-23(30-16-20)33-22-3-1-2-18(15-22)14-17-4-7-21(8-5-17)31-24(32)19-10-12-29-13-11-19/h1-3,6,9-16,21H,4-5,7-8H2,(H,31,32). The molecule has 3 aromatic rings. The fourth-order valence-electron chi connectivity index (χ4n) is 3.68. The van der Waals surface area contributed by atoms with Gasteiger partial charge in [0, 0.05) is 36.3 Å². The molecule has 33 heavy (non-hydrogen) atoms. The molecule has 1 N–H and O–H groups in total. The van der Waals surface area contributed by atoms with Crippen LogP contribution in [0.4, 0.5) is 13.2 Å². The van der Waals surface area contributed by atoms with Crippen molar-refractivity contribution in [2.45, 2.75) is 37.9 Å². The summed E-state index contributed by atoms with van der Waals surface area (Å²) in [6.45, 7) is 0. The van der Waals surface area contributed by atoms with E-state index in [1.807, 2.05) is 18.2 Å². The van der Waals surface area contributed by atoms with E-state index in [1.54, 1.807) is 30.6 Å². The second-order valence-corrected chi connectivity index (χ2v) is 7.84. The molecule has 0 atom stereocenters. The SMILES string of the molecule is O=C(NC1CCC(=Cc2cccc(Oc3ccc(C(F)(F)F)cn3)c2)CC1)c1ccncc1. The minimum Gasteiger partial charge on any atom is -0.439 e. The molecule has 1 aliphatic carbocycles. The van der Waals surface area contributed by atoms with Crippen molar-refractivity contribution in [1.82, 2.24) is 15.3 Å². The average Bonchev–Trinajstić information content (AvgIpc) is 2.81. The molecule has 1 saturated carbocycles. The Kier molecular flexibility index (Phi) is 6.72. The van der Waals surface area contributed by atoms with Gasteiger partial charge in [-0.2, -0.15) is 13.2 Å². The summed E-state index contributed by atoms with van der Waals surface area (Å²) < 4.78 is 43.6. The van der Waals surface area contributed by atoms with Gasteiger partial charge in [-0.3, -0.25) is 9.78 Å². The number of pyridine rings is 2. The molecule has 4 rings (SSSR count). The normalized spacial score (nSPS) is 16.2. The van der Waals surface area contributed by atoms with E-state index in [9.17, 15) is 18.0 Å². The van der Waals surface area contributed by atoms with E-state index in [4.69, 9.17) is 4.74 Å². The van der Waals surface area contributed by atoms with E-state index >= 15 is 0 Å². The van der Waals surface area contributed by atoms with Crippen LogP contribution in [0.2, 0.25) is 0 Å². The van der Waals surface area contributed by atoms with Gasteiger partial charge in [0.25, 0.3) is 5.91 Å². The van der Waals surface area contributed by atoms with Crippen molar-refractivity contribution in [2.24, 2.45) is 0 Å². The van der Waals surface area contributed by atoms with E-state index < -0.39 is 11.7 Å². The van der Waals surface area contributed by atoms with Crippen molar-refractivity contribution in [3.05, 3.63) is 89.4 Å². The summed E-state index contributed by atoms with van der Waals surface area (Å²) in [4.78, 5) is 20.0. The van der Waals surface area contributed by atoms with Crippen LogP contribution in [-0.4, -0.2) is 21.9 Å². The average molecular weight is 453 g/mol. The fourth-order valence-corrected chi connectivity index (χ4v) is 3.68. The van der Waals surface area contributed by atoms with E-state index in [-0.39, 0.29) is 17.8 Å². The zero-order valence-corrected chi connectivity index (χ0v) is 17.7. The van der Waals surface area contributed by atoms with Gasteiger partial charge in [0.1, 0.15) is 5.75 Å². The third kappa shape index (κ3) is 6.19. The van der Waals surface area contributed by atoms with Gasteiger partial charge >= 0.3 is 6.18 Å². The number of benzene rings is 1. The third-order valence-electron chi connectivity index (χ3n) is 5.42. The van der Waals surface area contributed by atoms with Crippen LogP contribution in [0, 0.1) is 0 Å². The number of allylic oxidation sites excluding steroid dienone is 1. The van der Waals surface area contributed by atoms with Crippen LogP contribution in [0.25, 0.3) is 6.08 Å². The number of nitrogens with one attached hydrogen (secondary N) is 1. The maximum absolute atomic E-state index is 12.7. The first-order valence-corrected chi connectivity index (χ1v) is 10.6. The minimum atomic E-state index is -4.43. The lowest BCUT2D eigenvalue weighted by molar-refractivity contribution is -0.137. The Hall–Kier alpha value is -3.68. The van der Waals surface area contributed by atoms with Gasteiger partial charge in [-0.15, -0.1) is 0 Å². The summed E-state index contributed by atoms with van der Waals surface area (Å²) >= 11 is 0. The molecule has 1 fully saturated rings. The molecule has 0 radical (unpaired) electrons. The number of nitrogens with zero attached hydrogens (tertiary/aromatic N) is 2. The van der Waals surface area contributed by atoms with Crippen molar-refractivity contribution in [2.75, 3.05) is 0 Å². The summed E-state index contributed by atoms with van der Waals surface area (Å²) in [5.74, 6) is 0.504. The summed E-state index contributed by atoms with van der Waals surface area (Å²) in [5.41, 5.74) is 1.99. The zero-order chi connectivity index (χ0) is 23.3. The smallest absolute Gasteiger partial charge is 0.417 e. The molecule has 5 nitrogen and oxygen atoms in total. The maximum Gasteiger partial charge on any atom is 0.417 e. The van der Waals surface area contributed by atoms with Crippen LogP contribution < -0.4 is 10.1 Å². The molecule has 0 bridgehead atoms. The molecular weight excluding hydrogens is 431 g/mol. The predicted molar refractivity (Wildman–Crippen MR) is 118 cm³/mol. The summed E-state index contributed by atoms with van der Waals surface area (Å²) in [6.07, 6.45) is 5.06. The highest BCUT2D eigenvalue weighted by molar-refractivity contribution is 5.94. The van der Waals surface area contributed by atoms with Gasteiger partial charge in [-0.1, -0.05) is 23.8 Å². The summed E-state index contributed by atoms with van der Waals surface area (Å²) in [6, 6.07) is 13.0. The van der Waals surface area contributed by atoms with Crippen molar-refractivity contribution in [3.8, 4) is 11.6 Å². The number of halogens is 3. The third-order valence-corrected chi connectivity index (χ3v) is 5.42. The predicted octanol–water partition coefficient (Wildman–Crippen LogP) is 6.04. The molecule has 0 saturated heterocycles. The Morgan fingerprint density at radius 1 is 1.06 bits per heavy atom. The van der Waals surface area contributed by atoms with Crippen molar-refractivity contribution >= 4 is 12.0 Å². The monoisotopic (exact) mass is 453 g/mol. The lowest BCUT2D eigenvalue weighted by Crippen LogP contribution is -2.36. The van der Waals surface area contributed by atoms with Crippen LogP contribution in [0.15, 0.2) is 72.7 Å². The number of carbonyl (C=O) groups excluding carboxylic acids is 1. The molecule has 170 valence electrons. The van der Waals surface area contributed by atoms with Crippen LogP contribution in [0.1, 0.15) is 47.2 Å². The number of aromatic nitrogens is 2. The number of ether oxygens (including phenoxy) is 1. The Morgan fingerprint density at radius 3 is 2.48 bits per heavy atom. The Balaban J connectivity index is 1.34. The molecule has 1 aliphatic rings. The fraction of sp³-hybridized carbons (Fsp3) is 0.240. The molecule has 0 spiro atoms. The van der Waals surface area contributed by atoms with Crippen LogP contribution in [-0.2, 0) is 6.18 Å². The number of rotatable bonds is 5. The second kappa shape index (κ2) is 9.85. The molecule has 1 amide bonds. The van der Waals surface area contributed by atoms with Crippen molar-refractivity contribution in [1.29, 1.82) is 0 Å². The number of hydrogen-bond donors (Lipinski definition) is 1. The molecular formula is C25H22F3N3O2. The first kappa shape index (κ1) is 22.5. The minimum absolute atomic E-state index is 0.0865. The lowest BCUT2D eigenvalue weighted by Gasteiger charge is -2.25. The van der Waals surface area contributed by atoms with E-state index in [2.05, 4.69) is 21.4 Å². The first-order valence-electron chi connectivity index (χ1n) is 10.6. The van der Waals surface area contributed by atoms with Gasteiger partial charge < -0.3 is 10.1 Å². The van der Waals surface area contributed by atoms with Gasteiger partial charge in [0.2, 0.25) is 5.88 Å². The van der Waals surface area contributed by atoms with Crippen molar-refractivity contribution in [3.63, 3.8) is 0 Å². The highest BCUT2D eigenvalue weighted by atomic mass is 19.4.